The zero-order valence-corrected chi connectivity index (χ0v) is 16.5. The Morgan fingerprint density at radius 2 is 1.96 bits per heavy atom. The van der Waals surface area contributed by atoms with Gasteiger partial charge in [-0.05, 0) is 74.7 Å². The molecule has 0 bridgehead atoms. The minimum atomic E-state index is -0.815. The molecule has 0 spiro atoms. The Bertz CT molecular complexity index is 784. The molecule has 0 radical (unpaired) electrons. The molecule has 5 nitrogen and oxygen atoms in total. The first kappa shape index (κ1) is 18.6. The first-order valence-electron chi connectivity index (χ1n) is 10.8. The van der Waals surface area contributed by atoms with Crippen LogP contribution in [-0.4, -0.2) is 40.8 Å². The standard InChI is InChI=1S/C23H30O5/c1-21-7-5-18-19(3-2-15-11-16(25)4-8-22(15,18)13-24)23(21,27)9-6-17(21)14-10-20(26)28-12-14/h10-11,13,16-19,25,27H,2-9,12H2,1H3/t16-,17+,18-,19+,21+,22+,23+/m1/s1. The van der Waals surface area contributed by atoms with Crippen molar-refractivity contribution in [3.05, 3.63) is 23.3 Å². The predicted octanol–water partition coefficient (Wildman–Crippen LogP) is 2.70. The van der Waals surface area contributed by atoms with Crippen LogP contribution in [0.4, 0.5) is 0 Å². The maximum atomic E-state index is 12.4. The van der Waals surface area contributed by atoms with E-state index in [0.29, 0.717) is 19.4 Å². The van der Waals surface area contributed by atoms with E-state index in [0.717, 1.165) is 56.0 Å². The van der Waals surface area contributed by atoms with E-state index in [9.17, 15) is 19.8 Å². The summed E-state index contributed by atoms with van der Waals surface area (Å²) in [5.74, 6) is 0.135. The largest absolute Gasteiger partial charge is 0.458 e. The van der Waals surface area contributed by atoms with E-state index >= 15 is 0 Å². The fraction of sp³-hybridized carbons (Fsp3) is 0.739. The monoisotopic (exact) mass is 386 g/mol. The number of esters is 1. The second-order valence-electron chi connectivity index (χ2n) is 10.0. The normalized spacial score (nSPS) is 50.0. The van der Waals surface area contributed by atoms with Crippen LogP contribution in [-0.2, 0) is 14.3 Å². The molecular weight excluding hydrogens is 356 g/mol. The molecule has 5 heteroatoms. The highest BCUT2D eigenvalue weighted by Crippen LogP contribution is 2.69. The molecule has 1 aliphatic heterocycles. The minimum absolute atomic E-state index is 0.0902. The van der Waals surface area contributed by atoms with Crippen LogP contribution in [0.3, 0.4) is 0 Å². The van der Waals surface area contributed by atoms with Gasteiger partial charge < -0.3 is 19.7 Å². The summed E-state index contributed by atoms with van der Waals surface area (Å²) < 4.78 is 5.17. The van der Waals surface area contributed by atoms with Crippen LogP contribution in [0, 0.1) is 28.6 Å². The van der Waals surface area contributed by atoms with Crippen LogP contribution in [0.15, 0.2) is 23.3 Å². The van der Waals surface area contributed by atoms with Crippen LogP contribution < -0.4 is 0 Å². The number of hydrogen-bond donors (Lipinski definition) is 2. The van der Waals surface area contributed by atoms with Crippen molar-refractivity contribution >= 4 is 12.3 Å². The first-order valence-corrected chi connectivity index (χ1v) is 10.8. The zero-order valence-electron chi connectivity index (χ0n) is 16.5. The SMILES string of the molecule is C[C@@]12CC[C@@H]3[C@H](CCC4=C[C@H](O)CC[C@]43C=O)[C@@]1(O)CC[C@H]2C1=CC(=O)OC1. The lowest BCUT2D eigenvalue weighted by Crippen LogP contribution is -2.61. The van der Waals surface area contributed by atoms with Gasteiger partial charge in [0.1, 0.15) is 12.9 Å². The second-order valence-corrected chi connectivity index (χ2v) is 10.0. The van der Waals surface area contributed by atoms with Gasteiger partial charge in [0, 0.05) is 11.5 Å². The number of ether oxygens (including phenoxy) is 1. The summed E-state index contributed by atoms with van der Waals surface area (Å²) in [6.45, 7) is 2.54. The van der Waals surface area contributed by atoms with Crippen molar-refractivity contribution < 1.29 is 24.5 Å². The molecule has 5 rings (SSSR count). The van der Waals surface area contributed by atoms with Gasteiger partial charge in [0.15, 0.2) is 0 Å². The molecule has 5 aliphatic rings. The molecule has 0 unspecified atom stereocenters. The zero-order chi connectivity index (χ0) is 19.7. The third-order valence-corrected chi connectivity index (χ3v) is 9.22. The van der Waals surface area contributed by atoms with E-state index in [1.807, 2.05) is 6.08 Å². The van der Waals surface area contributed by atoms with Crippen molar-refractivity contribution in [1.29, 1.82) is 0 Å². The summed E-state index contributed by atoms with van der Waals surface area (Å²) in [5, 5.41) is 22.2. The maximum absolute atomic E-state index is 12.4. The number of hydrogen-bond acceptors (Lipinski definition) is 5. The second kappa shape index (κ2) is 6.02. The molecular formula is C23H30O5. The smallest absolute Gasteiger partial charge is 0.331 e. The molecule has 0 aromatic rings. The molecule has 28 heavy (non-hydrogen) atoms. The van der Waals surface area contributed by atoms with Crippen molar-refractivity contribution in [2.24, 2.45) is 28.6 Å². The van der Waals surface area contributed by atoms with Crippen molar-refractivity contribution in [1.82, 2.24) is 0 Å². The molecule has 0 saturated heterocycles. The first-order chi connectivity index (χ1) is 13.3. The van der Waals surface area contributed by atoms with Gasteiger partial charge in [-0.2, -0.15) is 0 Å². The van der Waals surface area contributed by atoms with Crippen molar-refractivity contribution in [2.75, 3.05) is 6.61 Å². The Hall–Kier alpha value is -1.46. The Kier molecular flexibility index (Phi) is 3.99. The number of rotatable bonds is 2. The van der Waals surface area contributed by atoms with Crippen LogP contribution in [0.5, 0.6) is 0 Å². The van der Waals surface area contributed by atoms with Gasteiger partial charge in [-0.1, -0.05) is 18.6 Å². The molecule has 2 N–H and O–H groups in total. The summed E-state index contributed by atoms with van der Waals surface area (Å²) >= 11 is 0. The van der Waals surface area contributed by atoms with E-state index < -0.39 is 17.1 Å². The Labute approximate surface area is 165 Å². The summed E-state index contributed by atoms with van der Waals surface area (Å²) in [7, 11) is 0. The number of aliphatic hydroxyl groups excluding tert-OH is 1. The lowest BCUT2D eigenvalue weighted by Gasteiger charge is -2.61. The van der Waals surface area contributed by atoms with Crippen LogP contribution in [0.1, 0.15) is 58.3 Å². The van der Waals surface area contributed by atoms with Gasteiger partial charge in [0.25, 0.3) is 0 Å². The van der Waals surface area contributed by atoms with Gasteiger partial charge in [0.2, 0.25) is 0 Å². The van der Waals surface area contributed by atoms with E-state index in [4.69, 9.17) is 4.74 Å². The topological polar surface area (TPSA) is 83.8 Å². The van der Waals surface area contributed by atoms with Crippen LogP contribution in [0.25, 0.3) is 0 Å². The molecule has 0 aromatic carbocycles. The third kappa shape index (κ3) is 2.20. The molecule has 0 aromatic heterocycles. The molecule has 3 fully saturated rings. The highest BCUT2D eigenvalue weighted by atomic mass is 16.5. The lowest BCUT2D eigenvalue weighted by molar-refractivity contribution is -0.183. The van der Waals surface area contributed by atoms with E-state index in [2.05, 4.69) is 6.92 Å². The van der Waals surface area contributed by atoms with Crippen molar-refractivity contribution in [3.63, 3.8) is 0 Å². The van der Waals surface area contributed by atoms with E-state index in [1.54, 1.807) is 6.08 Å². The third-order valence-electron chi connectivity index (χ3n) is 9.22. The van der Waals surface area contributed by atoms with Crippen molar-refractivity contribution in [3.8, 4) is 0 Å². The number of carbonyl (C=O) groups is 2. The summed E-state index contributed by atoms with van der Waals surface area (Å²) in [6.07, 6.45) is 10.5. The number of fused-ring (bicyclic) bond motifs is 5. The Morgan fingerprint density at radius 3 is 2.68 bits per heavy atom. The number of allylic oxidation sites excluding steroid dienone is 1. The summed E-state index contributed by atoms with van der Waals surface area (Å²) in [5.41, 5.74) is 0.520. The molecule has 0 amide bonds. The number of cyclic esters (lactones) is 1. The van der Waals surface area contributed by atoms with E-state index in [1.165, 1.54) is 0 Å². The molecule has 3 saturated carbocycles. The quantitative estimate of drug-likeness (QED) is 0.433. The Balaban J connectivity index is 1.52. The fourth-order valence-electron chi connectivity index (χ4n) is 7.79. The number of aliphatic hydroxyl groups is 2. The van der Waals surface area contributed by atoms with Gasteiger partial charge in [0.05, 0.1) is 17.1 Å². The highest BCUT2D eigenvalue weighted by molar-refractivity contribution is 5.85. The minimum Gasteiger partial charge on any atom is -0.458 e. The predicted molar refractivity (Wildman–Crippen MR) is 102 cm³/mol. The average Bonchev–Trinajstić information content (AvgIpc) is 3.22. The fourth-order valence-corrected chi connectivity index (χ4v) is 7.79. The molecule has 152 valence electrons. The number of aldehydes is 1. The highest BCUT2D eigenvalue weighted by Gasteiger charge is 2.67. The summed E-state index contributed by atoms with van der Waals surface area (Å²) in [4.78, 5) is 24.0. The van der Waals surface area contributed by atoms with Crippen molar-refractivity contribution in [2.45, 2.75) is 70.0 Å². The van der Waals surface area contributed by atoms with Crippen LogP contribution >= 0.6 is 0 Å². The molecule has 7 atom stereocenters. The van der Waals surface area contributed by atoms with Gasteiger partial charge in [-0.3, -0.25) is 0 Å². The maximum Gasteiger partial charge on any atom is 0.331 e. The average molecular weight is 386 g/mol. The van der Waals surface area contributed by atoms with Gasteiger partial charge >= 0.3 is 5.97 Å². The number of carbonyl (C=O) groups excluding carboxylic acids is 2. The van der Waals surface area contributed by atoms with Gasteiger partial charge in [-0.25, -0.2) is 4.79 Å². The van der Waals surface area contributed by atoms with E-state index in [-0.39, 0.29) is 29.1 Å². The lowest BCUT2D eigenvalue weighted by atomic mass is 9.45. The Morgan fingerprint density at radius 1 is 1.14 bits per heavy atom. The van der Waals surface area contributed by atoms with Crippen LogP contribution in [0.2, 0.25) is 0 Å². The molecule has 4 aliphatic carbocycles. The van der Waals surface area contributed by atoms with Gasteiger partial charge in [-0.15, -0.1) is 0 Å². The molecule has 1 heterocycles. The summed E-state index contributed by atoms with van der Waals surface area (Å²) in [6, 6.07) is 0.